The zero-order chi connectivity index (χ0) is 16.1. The van der Waals surface area contributed by atoms with Crippen LogP contribution < -0.4 is 10.6 Å². The molecule has 1 aliphatic carbocycles. The van der Waals surface area contributed by atoms with Gasteiger partial charge >= 0.3 is 6.03 Å². The number of rotatable bonds is 6. The van der Waals surface area contributed by atoms with E-state index in [2.05, 4.69) is 10.6 Å². The third-order valence-corrected chi connectivity index (χ3v) is 4.61. The molecule has 2 N–H and O–H groups in total. The summed E-state index contributed by atoms with van der Waals surface area (Å²) in [6, 6.07) is 6.72. The zero-order valence-corrected chi connectivity index (χ0v) is 13.4. The van der Waals surface area contributed by atoms with Crippen LogP contribution in [-0.4, -0.2) is 31.3 Å². The summed E-state index contributed by atoms with van der Waals surface area (Å²) in [7, 11) is 0. The van der Waals surface area contributed by atoms with Crippen molar-refractivity contribution in [2.75, 3.05) is 13.2 Å². The molecule has 2 aliphatic rings. The second-order valence-electron chi connectivity index (χ2n) is 6.60. The first kappa shape index (κ1) is 16.2. The molecule has 1 aromatic rings. The molecule has 2 atom stereocenters. The first-order valence-corrected chi connectivity index (χ1v) is 8.61. The Labute approximate surface area is 136 Å². The summed E-state index contributed by atoms with van der Waals surface area (Å²) in [5.41, 5.74) is 0.962. The lowest BCUT2D eigenvalue weighted by Gasteiger charge is -2.30. The van der Waals surface area contributed by atoms with Gasteiger partial charge in [-0.05, 0) is 62.1 Å². The molecule has 23 heavy (non-hydrogen) atoms. The average Bonchev–Trinajstić information content (AvgIpc) is 3.37. The van der Waals surface area contributed by atoms with Crippen LogP contribution in [0.5, 0.6) is 0 Å². The highest BCUT2D eigenvalue weighted by molar-refractivity contribution is 5.74. The van der Waals surface area contributed by atoms with E-state index in [1.807, 2.05) is 6.07 Å². The number of nitrogens with one attached hydrogen (secondary N) is 2. The molecule has 3 rings (SSSR count). The van der Waals surface area contributed by atoms with E-state index in [4.69, 9.17) is 4.74 Å². The molecule has 1 saturated carbocycles. The van der Waals surface area contributed by atoms with Crippen molar-refractivity contribution in [3.63, 3.8) is 0 Å². The summed E-state index contributed by atoms with van der Waals surface area (Å²) in [4.78, 5) is 11.9. The van der Waals surface area contributed by atoms with Crippen LogP contribution in [0.15, 0.2) is 24.3 Å². The van der Waals surface area contributed by atoms with Crippen molar-refractivity contribution in [2.24, 2.45) is 5.92 Å². The van der Waals surface area contributed by atoms with E-state index in [0.29, 0.717) is 18.6 Å². The quantitative estimate of drug-likeness (QED) is 0.792. The molecule has 0 bridgehead atoms. The first-order chi connectivity index (χ1) is 11.2. The highest BCUT2D eigenvalue weighted by Gasteiger charge is 2.36. The highest BCUT2D eigenvalue weighted by Crippen LogP contribution is 2.38. The van der Waals surface area contributed by atoms with Crippen LogP contribution in [0, 0.1) is 11.7 Å². The summed E-state index contributed by atoms with van der Waals surface area (Å²) in [5.74, 6) is 0.506. The summed E-state index contributed by atoms with van der Waals surface area (Å²) in [6.07, 6.45) is 6.25. The molecule has 2 amide bonds. The summed E-state index contributed by atoms with van der Waals surface area (Å²) >= 11 is 0. The maximum absolute atomic E-state index is 13.1. The predicted molar refractivity (Wildman–Crippen MR) is 86.7 cm³/mol. The standard InChI is InChI=1S/C18H25FN2O2/c19-15-5-1-3-13(11-15)4-2-9-20-18(22)21-16-8-10-23-17(12-16)14-6-7-14/h1,3,5,11,14,16-17H,2,4,6-10,12H2,(H2,20,21,22)/t16-,17+/m1/s1. The van der Waals surface area contributed by atoms with Gasteiger partial charge in [-0.3, -0.25) is 0 Å². The summed E-state index contributed by atoms with van der Waals surface area (Å²) in [6.45, 7) is 1.34. The third-order valence-electron chi connectivity index (χ3n) is 4.61. The van der Waals surface area contributed by atoms with Crippen molar-refractivity contribution in [3.8, 4) is 0 Å². The fourth-order valence-electron chi connectivity index (χ4n) is 3.18. The van der Waals surface area contributed by atoms with Crippen molar-refractivity contribution in [3.05, 3.63) is 35.6 Å². The van der Waals surface area contributed by atoms with Crippen LogP contribution in [0.4, 0.5) is 9.18 Å². The maximum atomic E-state index is 13.1. The first-order valence-electron chi connectivity index (χ1n) is 8.61. The minimum Gasteiger partial charge on any atom is -0.378 e. The van der Waals surface area contributed by atoms with Crippen molar-refractivity contribution >= 4 is 6.03 Å². The molecule has 2 fully saturated rings. The smallest absolute Gasteiger partial charge is 0.315 e. The van der Waals surface area contributed by atoms with E-state index in [9.17, 15) is 9.18 Å². The molecule has 1 heterocycles. The van der Waals surface area contributed by atoms with Crippen LogP contribution >= 0.6 is 0 Å². The Balaban J connectivity index is 1.31. The highest BCUT2D eigenvalue weighted by atomic mass is 19.1. The van der Waals surface area contributed by atoms with Gasteiger partial charge in [-0.1, -0.05) is 12.1 Å². The molecule has 1 aromatic carbocycles. The number of aryl methyl sites for hydroxylation is 1. The number of halogens is 1. The molecule has 0 radical (unpaired) electrons. The van der Waals surface area contributed by atoms with E-state index in [-0.39, 0.29) is 17.9 Å². The Morgan fingerprint density at radius 3 is 2.96 bits per heavy atom. The maximum Gasteiger partial charge on any atom is 0.315 e. The van der Waals surface area contributed by atoms with Crippen molar-refractivity contribution in [1.29, 1.82) is 0 Å². The van der Waals surface area contributed by atoms with Gasteiger partial charge in [0.1, 0.15) is 5.82 Å². The normalized spacial score (nSPS) is 24.2. The third kappa shape index (κ3) is 5.20. The molecular formula is C18H25FN2O2. The van der Waals surface area contributed by atoms with E-state index in [0.717, 1.165) is 37.9 Å². The summed E-state index contributed by atoms with van der Waals surface area (Å²) < 4.78 is 18.8. The monoisotopic (exact) mass is 320 g/mol. The van der Waals surface area contributed by atoms with Crippen LogP contribution in [0.25, 0.3) is 0 Å². The second kappa shape index (κ2) is 7.77. The molecule has 0 unspecified atom stereocenters. The van der Waals surface area contributed by atoms with Crippen molar-refractivity contribution in [2.45, 2.75) is 50.7 Å². The van der Waals surface area contributed by atoms with Gasteiger partial charge in [0.25, 0.3) is 0 Å². The molecule has 0 spiro atoms. The van der Waals surface area contributed by atoms with Crippen LogP contribution in [0.3, 0.4) is 0 Å². The molecule has 4 nitrogen and oxygen atoms in total. The number of hydrogen-bond donors (Lipinski definition) is 2. The number of carbonyl (C=O) groups excluding carboxylic acids is 1. The largest absolute Gasteiger partial charge is 0.378 e. The molecule has 0 aromatic heterocycles. The van der Waals surface area contributed by atoms with Crippen LogP contribution in [-0.2, 0) is 11.2 Å². The molecule has 126 valence electrons. The van der Waals surface area contributed by atoms with Crippen LogP contribution in [0.1, 0.15) is 37.7 Å². The van der Waals surface area contributed by atoms with E-state index < -0.39 is 0 Å². The number of urea groups is 1. The average molecular weight is 320 g/mol. The Kier molecular flexibility index (Phi) is 5.49. The number of benzene rings is 1. The topological polar surface area (TPSA) is 50.4 Å². The molecule has 5 heteroatoms. The molecule has 1 saturated heterocycles. The minimum absolute atomic E-state index is 0.106. The Hall–Kier alpha value is -1.62. The van der Waals surface area contributed by atoms with E-state index in [1.165, 1.54) is 18.9 Å². The summed E-state index contributed by atoms with van der Waals surface area (Å²) in [5, 5.41) is 5.94. The van der Waals surface area contributed by atoms with Crippen LogP contribution in [0.2, 0.25) is 0 Å². The van der Waals surface area contributed by atoms with Gasteiger partial charge in [-0.2, -0.15) is 0 Å². The van der Waals surface area contributed by atoms with E-state index in [1.54, 1.807) is 12.1 Å². The Bertz CT molecular complexity index is 534. The SMILES string of the molecule is O=C(NCCCc1cccc(F)c1)N[C@@H]1CCO[C@H](C2CC2)C1. The lowest BCUT2D eigenvalue weighted by atomic mass is 10.0. The van der Waals surface area contributed by atoms with Gasteiger partial charge in [0.15, 0.2) is 0 Å². The number of hydrogen-bond acceptors (Lipinski definition) is 2. The Morgan fingerprint density at radius 1 is 1.30 bits per heavy atom. The second-order valence-corrected chi connectivity index (χ2v) is 6.60. The van der Waals surface area contributed by atoms with Crippen molar-refractivity contribution in [1.82, 2.24) is 10.6 Å². The van der Waals surface area contributed by atoms with Gasteiger partial charge in [-0.25, -0.2) is 9.18 Å². The Morgan fingerprint density at radius 2 is 2.17 bits per heavy atom. The lowest BCUT2D eigenvalue weighted by molar-refractivity contribution is -0.00913. The lowest BCUT2D eigenvalue weighted by Crippen LogP contribution is -2.46. The predicted octanol–water partition coefficient (Wildman–Crippen LogP) is 3.02. The van der Waals surface area contributed by atoms with Gasteiger partial charge < -0.3 is 15.4 Å². The fourth-order valence-corrected chi connectivity index (χ4v) is 3.18. The fraction of sp³-hybridized carbons (Fsp3) is 0.611. The van der Waals surface area contributed by atoms with Gasteiger partial charge in [0.2, 0.25) is 0 Å². The van der Waals surface area contributed by atoms with E-state index >= 15 is 0 Å². The van der Waals surface area contributed by atoms with Gasteiger partial charge in [0.05, 0.1) is 6.10 Å². The molecular weight excluding hydrogens is 295 g/mol. The number of ether oxygens (including phenoxy) is 1. The number of amides is 2. The minimum atomic E-state index is -0.210. The zero-order valence-electron chi connectivity index (χ0n) is 13.4. The van der Waals surface area contributed by atoms with Crippen molar-refractivity contribution < 1.29 is 13.9 Å². The molecule has 1 aliphatic heterocycles. The number of carbonyl (C=O) groups is 1. The van der Waals surface area contributed by atoms with Gasteiger partial charge in [-0.15, -0.1) is 0 Å². The van der Waals surface area contributed by atoms with Gasteiger partial charge in [0, 0.05) is 19.2 Å².